The molecule has 1 fully saturated rings. The second kappa shape index (κ2) is 4.54. The van der Waals surface area contributed by atoms with Crippen molar-refractivity contribution < 1.29 is 4.79 Å². The first-order chi connectivity index (χ1) is 8.98. The lowest BCUT2D eigenvalue weighted by molar-refractivity contribution is -0.123. The summed E-state index contributed by atoms with van der Waals surface area (Å²) in [5.41, 5.74) is 1.03. The zero-order valence-electron chi connectivity index (χ0n) is 10.5. The summed E-state index contributed by atoms with van der Waals surface area (Å²) in [5.74, 6) is 0.0476. The van der Waals surface area contributed by atoms with Gasteiger partial charge in [-0.3, -0.25) is 4.79 Å². The molecule has 0 aromatic heterocycles. The predicted octanol–water partition coefficient (Wildman–Crippen LogP) is 4.39. The summed E-state index contributed by atoms with van der Waals surface area (Å²) in [6.07, 6.45) is 3.70. The van der Waals surface area contributed by atoms with Crippen LogP contribution in [0.2, 0.25) is 10.0 Å². The molecule has 1 amide bonds. The van der Waals surface area contributed by atoms with E-state index in [1.165, 1.54) is 0 Å². The third-order valence-electron chi connectivity index (χ3n) is 4.34. The van der Waals surface area contributed by atoms with E-state index in [0.717, 1.165) is 36.9 Å². The zero-order valence-corrected chi connectivity index (χ0v) is 12.8. The molecule has 2 unspecified atom stereocenters. The minimum absolute atomic E-state index is 0.0476. The van der Waals surface area contributed by atoms with Crippen molar-refractivity contribution in [1.29, 1.82) is 0 Å². The van der Waals surface area contributed by atoms with E-state index >= 15 is 0 Å². The van der Waals surface area contributed by atoms with Crippen molar-refractivity contribution in [3.63, 3.8) is 0 Å². The van der Waals surface area contributed by atoms with E-state index in [4.69, 9.17) is 34.8 Å². The van der Waals surface area contributed by atoms with Crippen LogP contribution in [0.1, 0.15) is 31.2 Å². The molecule has 1 aromatic carbocycles. The number of carbonyl (C=O) groups excluding carboxylic acids is 1. The highest BCUT2D eigenvalue weighted by atomic mass is 35.5. The molecule has 3 rings (SSSR count). The molecule has 1 saturated carbocycles. The quantitative estimate of drug-likeness (QED) is 0.650. The summed E-state index contributed by atoms with van der Waals surface area (Å²) in [4.78, 5) is 14.4. The number of carbonyl (C=O) groups is 1. The molecule has 1 aliphatic carbocycles. The molecule has 19 heavy (non-hydrogen) atoms. The summed E-state index contributed by atoms with van der Waals surface area (Å²) in [6.45, 7) is 0. The molecule has 1 spiro atoms. The Morgan fingerprint density at radius 3 is 2.74 bits per heavy atom. The molecule has 5 heteroatoms. The van der Waals surface area contributed by atoms with Crippen molar-refractivity contribution in [3.8, 4) is 0 Å². The lowest BCUT2D eigenvalue weighted by Crippen LogP contribution is -2.47. The molecule has 2 nitrogen and oxygen atoms in total. The van der Waals surface area contributed by atoms with Gasteiger partial charge in [0.15, 0.2) is 0 Å². The maximum Gasteiger partial charge on any atom is 0.239 e. The number of rotatable bonds is 0. The van der Waals surface area contributed by atoms with Crippen LogP contribution in [0.4, 0.5) is 5.69 Å². The topological polar surface area (TPSA) is 20.3 Å². The lowest BCUT2D eigenvalue weighted by atomic mass is 9.70. The number of alkyl halides is 1. The van der Waals surface area contributed by atoms with Gasteiger partial charge in [0.25, 0.3) is 0 Å². The van der Waals surface area contributed by atoms with Crippen LogP contribution in [0.25, 0.3) is 0 Å². The van der Waals surface area contributed by atoms with Crippen LogP contribution in [0.15, 0.2) is 12.1 Å². The predicted molar refractivity (Wildman–Crippen MR) is 79.7 cm³/mol. The first kappa shape index (κ1) is 13.5. The minimum atomic E-state index is -0.640. The van der Waals surface area contributed by atoms with Gasteiger partial charge in [0.2, 0.25) is 5.91 Å². The van der Waals surface area contributed by atoms with E-state index in [2.05, 4.69) is 0 Å². The minimum Gasteiger partial charge on any atom is -0.313 e. The van der Waals surface area contributed by atoms with Crippen LogP contribution in [0.5, 0.6) is 0 Å². The highest BCUT2D eigenvalue weighted by molar-refractivity contribution is 6.38. The maximum absolute atomic E-state index is 12.8. The molecular weight excluding hydrogens is 305 g/mol. The Labute approximate surface area is 127 Å². The molecule has 2 atom stereocenters. The molecule has 2 aliphatic rings. The van der Waals surface area contributed by atoms with Crippen LogP contribution in [0.3, 0.4) is 0 Å². The van der Waals surface area contributed by atoms with E-state index in [9.17, 15) is 4.79 Å². The molecule has 0 radical (unpaired) electrons. The fraction of sp³-hybridized carbons (Fsp3) is 0.500. The van der Waals surface area contributed by atoms with E-state index < -0.39 is 5.41 Å². The number of benzene rings is 1. The van der Waals surface area contributed by atoms with Gasteiger partial charge in [0.05, 0.1) is 21.5 Å². The zero-order chi connectivity index (χ0) is 13.8. The van der Waals surface area contributed by atoms with Gasteiger partial charge in [-0.1, -0.05) is 36.0 Å². The molecule has 0 N–H and O–H groups in total. The first-order valence-corrected chi connectivity index (χ1v) is 7.59. The monoisotopic (exact) mass is 317 g/mol. The van der Waals surface area contributed by atoms with Gasteiger partial charge in [-0.15, -0.1) is 11.6 Å². The number of hydrogen-bond acceptors (Lipinski definition) is 1. The van der Waals surface area contributed by atoms with Gasteiger partial charge in [-0.05, 0) is 30.5 Å². The Morgan fingerprint density at radius 2 is 2.05 bits per heavy atom. The Bertz CT molecular complexity index is 560. The Balaban J connectivity index is 2.27. The summed E-state index contributed by atoms with van der Waals surface area (Å²) < 4.78 is 0. The molecule has 1 heterocycles. The van der Waals surface area contributed by atoms with Gasteiger partial charge in [0.1, 0.15) is 0 Å². The second-order valence-electron chi connectivity index (χ2n) is 5.33. The number of nitrogens with zero attached hydrogens (tertiary/aromatic N) is 1. The van der Waals surface area contributed by atoms with Gasteiger partial charge >= 0.3 is 0 Å². The number of fused-ring (bicyclic) bond motifs is 2. The largest absolute Gasteiger partial charge is 0.313 e. The number of hydrogen-bond donors (Lipinski definition) is 0. The number of halogens is 3. The van der Waals surface area contributed by atoms with Crippen molar-refractivity contribution in [2.24, 2.45) is 0 Å². The third kappa shape index (κ3) is 1.73. The third-order valence-corrected chi connectivity index (χ3v) is 5.44. The summed E-state index contributed by atoms with van der Waals surface area (Å²) >= 11 is 18.9. The van der Waals surface area contributed by atoms with E-state index in [0.29, 0.717) is 10.0 Å². The lowest BCUT2D eigenvalue weighted by Gasteiger charge is -2.36. The smallest absolute Gasteiger partial charge is 0.239 e. The second-order valence-corrected chi connectivity index (χ2v) is 6.70. The molecule has 1 aromatic rings. The molecule has 0 saturated heterocycles. The molecule has 102 valence electrons. The Kier molecular flexibility index (Phi) is 3.24. The fourth-order valence-electron chi connectivity index (χ4n) is 3.44. The number of amides is 1. The van der Waals surface area contributed by atoms with Crippen molar-refractivity contribution in [2.75, 3.05) is 11.9 Å². The molecular formula is C14H14Cl3NO. The average molecular weight is 319 g/mol. The Morgan fingerprint density at radius 1 is 1.32 bits per heavy atom. The number of anilines is 1. The SMILES string of the molecule is CN1C(=O)C2(CCCCC2Cl)c2cc(Cl)cc(Cl)c21. The van der Waals surface area contributed by atoms with Crippen molar-refractivity contribution in [3.05, 3.63) is 27.7 Å². The summed E-state index contributed by atoms with van der Waals surface area (Å²) in [7, 11) is 1.76. The first-order valence-electron chi connectivity index (χ1n) is 6.40. The van der Waals surface area contributed by atoms with Crippen LogP contribution in [-0.2, 0) is 10.2 Å². The fourth-order valence-corrected chi connectivity index (χ4v) is 4.53. The van der Waals surface area contributed by atoms with Gasteiger partial charge in [0, 0.05) is 12.1 Å². The summed E-state index contributed by atoms with van der Waals surface area (Å²) in [6, 6.07) is 3.53. The summed E-state index contributed by atoms with van der Waals surface area (Å²) in [5, 5.41) is 0.886. The highest BCUT2D eigenvalue weighted by Gasteiger charge is 2.55. The standard InChI is InChI=1S/C14H14Cl3NO/c1-18-12-9(6-8(15)7-10(12)16)14(13(18)19)5-3-2-4-11(14)17/h6-7,11H,2-5H2,1H3. The van der Waals surface area contributed by atoms with Crippen LogP contribution >= 0.6 is 34.8 Å². The van der Waals surface area contributed by atoms with Crippen LogP contribution in [-0.4, -0.2) is 18.3 Å². The van der Waals surface area contributed by atoms with E-state index in [1.807, 2.05) is 6.07 Å². The van der Waals surface area contributed by atoms with Crippen LogP contribution < -0.4 is 4.90 Å². The van der Waals surface area contributed by atoms with Crippen molar-refractivity contribution in [1.82, 2.24) is 0 Å². The van der Waals surface area contributed by atoms with Gasteiger partial charge in [-0.25, -0.2) is 0 Å². The van der Waals surface area contributed by atoms with Crippen LogP contribution in [0, 0.1) is 0 Å². The van der Waals surface area contributed by atoms with Crippen molar-refractivity contribution >= 4 is 46.4 Å². The van der Waals surface area contributed by atoms with E-state index in [-0.39, 0.29) is 11.3 Å². The number of likely N-dealkylation sites (N-methyl/N-ethyl adjacent to an activating group) is 1. The van der Waals surface area contributed by atoms with Crippen molar-refractivity contribution in [2.45, 2.75) is 36.5 Å². The Hall–Kier alpha value is -0.440. The van der Waals surface area contributed by atoms with E-state index in [1.54, 1.807) is 18.0 Å². The molecule has 0 bridgehead atoms. The highest BCUT2D eigenvalue weighted by Crippen LogP contribution is 2.54. The average Bonchev–Trinajstić information content (AvgIpc) is 2.56. The van der Waals surface area contributed by atoms with Gasteiger partial charge in [-0.2, -0.15) is 0 Å². The molecule has 1 aliphatic heterocycles. The normalized spacial score (nSPS) is 30.0. The maximum atomic E-state index is 12.8. The van der Waals surface area contributed by atoms with Gasteiger partial charge < -0.3 is 4.90 Å².